The largest absolute Gasteiger partial charge is 0.493 e. The molecule has 0 heterocycles. The molecule has 1 atom stereocenters. The molecule has 1 aromatic rings. The summed E-state index contributed by atoms with van der Waals surface area (Å²) < 4.78 is 5.90. The molecule has 1 fully saturated rings. The van der Waals surface area contributed by atoms with Crippen molar-refractivity contribution in [1.82, 2.24) is 0 Å². The van der Waals surface area contributed by atoms with E-state index in [-0.39, 0.29) is 0 Å². The van der Waals surface area contributed by atoms with Crippen LogP contribution in [0.1, 0.15) is 49.8 Å². The second-order valence-electron chi connectivity index (χ2n) is 5.18. The van der Waals surface area contributed by atoms with Gasteiger partial charge in [0.25, 0.3) is 0 Å². The number of aryl methyl sites for hydroxylation is 1. The normalized spacial score (nSPS) is 18.3. The Kier molecular flexibility index (Phi) is 4.06. The molecule has 2 nitrogen and oxygen atoms in total. The third-order valence-electron chi connectivity index (χ3n) is 3.57. The molecule has 2 rings (SSSR count). The first-order valence-corrected chi connectivity index (χ1v) is 6.58. The second kappa shape index (κ2) is 5.54. The van der Waals surface area contributed by atoms with Gasteiger partial charge in [-0.2, -0.15) is 0 Å². The maximum Gasteiger partial charge on any atom is 0.125 e. The molecule has 94 valence electrons. The summed E-state index contributed by atoms with van der Waals surface area (Å²) >= 11 is 0. The van der Waals surface area contributed by atoms with Gasteiger partial charge in [0.15, 0.2) is 0 Å². The molecular weight excluding hydrogens is 212 g/mol. The molecule has 1 N–H and O–H groups in total. The van der Waals surface area contributed by atoms with Crippen LogP contribution in [0.5, 0.6) is 5.75 Å². The minimum atomic E-state index is -0.464. The Balaban J connectivity index is 2.04. The fourth-order valence-electron chi connectivity index (χ4n) is 2.50. The molecule has 17 heavy (non-hydrogen) atoms. The Morgan fingerprint density at radius 2 is 2.06 bits per heavy atom. The summed E-state index contributed by atoms with van der Waals surface area (Å²) in [5.74, 6) is 1.56. The second-order valence-corrected chi connectivity index (χ2v) is 5.18. The van der Waals surface area contributed by atoms with Gasteiger partial charge in [0, 0.05) is 5.56 Å². The molecule has 0 radical (unpaired) electrons. The predicted octanol–water partition coefficient (Wildman–Crippen LogP) is 3.62. The van der Waals surface area contributed by atoms with Gasteiger partial charge in [-0.25, -0.2) is 0 Å². The first-order valence-electron chi connectivity index (χ1n) is 6.58. The lowest BCUT2D eigenvalue weighted by atomic mass is 10.1. The fourth-order valence-corrected chi connectivity index (χ4v) is 2.50. The number of rotatable bonds is 4. The molecule has 0 amide bonds. The van der Waals surface area contributed by atoms with Crippen molar-refractivity contribution in [2.75, 3.05) is 6.61 Å². The van der Waals surface area contributed by atoms with Gasteiger partial charge >= 0.3 is 0 Å². The summed E-state index contributed by atoms with van der Waals surface area (Å²) in [7, 11) is 0. The van der Waals surface area contributed by atoms with Gasteiger partial charge in [0.2, 0.25) is 0 Å². The zero-order chi connectivity index (χ0) is 12.3. The highest BCUT2D eigenvalue weighted by Gasteiger charge is 2.17. The van der Waals surface area contributed by atoms with Crippen molar-refractivity contribution in [3.63, 3.8) is 0 Å². The molecule has 0 aliphatic heterocycles. The molecule has 0 bridgehead atoms. The summed E-state index contributed by atoms with van der Waals surface area (Å²) in [6.07, 6.45) is 4.79. The Morgan fingerprint density at radius 1 is 1.35 bits per heavy atom. The van der Waals surface area contributed by atoms with Crippen LogP contribution in [0.4, 0.5) is 0 Å². The van der Waals surface area contributed by atoms with E-state index in [1.54, 1.807) is 6.92 Å². The molecule has 1 unspecified atom stereocenters. The van der Waals surface area contributed by atoms with Crippen LogP contribution in [0.15, 0.2) is 18.2 Å². The van der Waals surface area contributed by atoms with Crippen LogP contribution in [0, 0.1) is 12.8 Å². The van der Waals surface area contributed by atoms with Gasteiger partial charge in [0.1, 0.15) is 5.75 Å². The van der Waals surface area contributed by atoms with Crippen LogP contribution in [-0.4, -0.2) is 11.7 Å². The van der Waals surface area contributed by atoms with Crippen LogP contribution < -0.4 is 4.74 Å². The van der Waals surface area contributed by atoms with E-state index in [2.05, 4.69) is 0 Å². The molecule has 0 spiro atoms. The van der Waals surface area contributed by atoms with Crippen molar-refractivity contribution in [2.45, 2.75) is 45.6 Å². The summed E-state index contributed by atoms with van der Waals surface area (Å²) in [5, 5.41) is 9.71. The van der Waals surface area contributed by atoms with Crippen LogP contribution in [-0.2, 0) is 0 Å². The van der Waals surface area contributed by atoms with Crippen molar-refractivity contribution in [3.05, 3.63) is 29.3 Å². The highest BCUT2D eigenvalue weighted by atomic mass is 16.5. The SMILES string of the molecule is Cc1ccc(C(C)O)c(OCC2CCCC2)c1. The first-order chi connectivity index (χ1) is 8.16. The monoisotopic (exact) mass is 234 g/mol. The average molecular weight is 234 g/mol. The van der Waals surface area contributed by atoms with Crippen LogP contribution in [0.3, 0.4) is 0 Å². The molecule has 1 saturated carbocycles. The van der Waals surface area contributed by atoms with Gasteiger partial charge in [-0.3, -0.25) is 0 Å². The molecule has 0 aromatic heterocycles. The summed E-state index contributed by atoms with van der Waals surface area (Å²) in [5.41, 5.74) is 2.07. The van der Waals surface area contributed by atoms with Gasteiger partial charge in [-0.05, 0) is 44.2 Å². The summed E-state index contributed by atoms with van der Waals surface area (Å²) in [6, 6.07) is 6.01. The minimum Gasteiger partial charge on any atom is -0.493 e. The van der Waals surface area contributed by atoms with E-state index in [0.717, 1.165) is 17.9 Å². The Hall–Kier alpha value is -1.02. The van der Waals surface area contributed by atoms with Crippen molar-refractivity contribution in [3.8, 4) is 5.75 Å². The quantitative estimate of drug-likeness (QED) is 0.862. The maximum atomic E-state index is 9.71. The standard InChI is InChI=1S/C15H22O2/c1-11-7-8-14(12(2)16)15(9-11)17-10-13-5-3-4-6-13/h7-9,12-13,16H,3-6,10H2,1-2H3. The van der Waals surface area contributed by atoms with Crippen molar-refractivity contribution >= 4 is 0 Å². The van der Waals surface area contributed by atoms with E-state index in [1.807, 2.05) is 25.1 Å². The lowest BCUT2D eigenvalue weighted by Crippen LogP contribution is -2.10. The topological polar surface area (TPSA) is 29.5 Å². The number of hydrogen-bond acceptors (Lipinski definition) is 2. The van der Waals surface area contributed by atoms with E-state index in [4.69, 9.17) is 4.74 Å². The van der Waals surface area contributed by atoms with E-state index in [1.165, 1.54) is 31.2 Å². The molecule has 0 saturated heterocycles. The fraction of sp³-hybridized carbons (Fsp3) is 0.600. The van der Waals surface area contributed by atoms with Gasteiger partial charge in [-0.1, -0.05) is 25.0 Å². The zero-order valence-electron chi connectivity index (χ0n) is 10.8. The molecule has 1 aromatic carbocycles. The average Bonchev–Trinajstić information content (AvgIpc) is 2.78. The lowest BCUT2D eigenvalue weighted by Gasteiger charge is -2.16. The Bertz CT molecular complexity index is 365. The number of ether oxygens (including phenoxy) is 1. The van der Waals surface area contributed by atoms with Crippen molar-refractivity contribution in [2.24, 2.45) is 5.92 Å². The third kappa shape index (κ3) is 3.22. The first kappa shape index (κ1) is 12.4. The third-order valence-corrected chi connectivity index (χ3v) is 3.57. The minimum absolute atomic E-state index is 0.464. The van der Waals surface area contributed by atoms with Crippen molar-refractivity contribution in [1.29, 1.82) is 0 Å². The Morgan fingerprint density at radius 3 is 2.71 bits per heavy atom. The maximum absolute atomic E-state index is 9.71. The Labute approximate surface area is 104 Å². The summed E-state index contributed by atoms with van der Waals surface area (Å²) in [4.78, 5) is 0. The highest BCUT2D eigenvalue weighted by Crippen LogP contribution is 2.29. The molecule has 1 aliphatic rings. The number of aliphatic hydroxyl groups excluding tert-OH is 1. The van der Waals surface area contributed by atoms with E-state index < -0.39 is 6.10 Å². The van der Waals surface area contributed by atoms with Gasteiger partial charge < -0.3 is 9.84 Å². The highest BCUT2D eigenvalue weighted by molar-refractivity contribution is 5.38. The number of hydrogen-bond donors (Lipinski definition) is 1. The number of aliphatic hydroxyl groups is 1. The van der Waals surface area contributed by atoms with Gasteiger partial charge in [-0.15, -0.1) is 0 Å². The number of benzene rings is 1. The predicted molar refractivity (Wildman–Crippen MR) is 69.3 cm³/mol. The lowest BCUT2D eigenvalue weighted by molar-refractivity contribution is 0.186. The smallest absolute Gasteiger partial charge is 0.125 e. The molecular formula is C15H22O2. The van der Waals surface area contributed by atoms with Crippen LogP contribution in [0.2, 0.25) is 0 Å². The van der Waals surface area contributed by atoms with E-state index in [9.17, 15) is 5.11 Å². The molecule has 2 heteroatoms. The van der Waals surface area contributed by atoms with Crippen LogP contribution >= 0.6 is 0 Å². The van der Waals surface area contributed by atoms with E-state index in [0.29, 0.717) is 5.92 Å². The zero-order valence-corrected chi connectivity index (χ0v) is 10.8. The molecule has 1 aliphatic carbocycles. The van der Waals surface area contributed by atoms with Gasteiger partial charge in [0.05, 0.1) is 12.7 Å². The van der Waals surface area contributed by atoms with Crippen molar-refractivity contribution < 1.29 is 9.84 Å². The van der Waals surface area contributed by atoms with Crippen LogP contribution in [0.25, 0.3) is 0 Å². The summed E-state index contributed by atoms with van der Waals surface area (Å²) in [6.45, 7) is 4.63. The van der Waals surface area contributed by atoms with E-state index >= 15 is 0 Å².